The van der Waals surface area contributed by atoms with E-state index in [2.05, 4.69) is 30.5 Å². The Hall–Kier alpha value is -2.65. The number of aromatic nitrogens is 3. The first-order chi connectivity index (χ1) is 17.1. The standard InChI is InChI=1S/C18H25N5O3.C8H15N/c1-12-8-16(19-10-13-4-6-26-7-5-13)23-18(21-12)22-14-9-15(24-2)17(25-3)20-11-14;1-2-7-9(6-1)8-4-3-5-8/h8-9,11,13H,4-7,10H2,1-3H3,(H2,19,21,22,23);8H,1-7H2. The number of hydrogen-bond donors (Lipinski definition) is 2. The second-order valence-electron chi connectivity index (χ2n) is 9.54. The molecule has 0 bridgehead atoms. The molecule has 0 aromatic carbocycles. The van der Waals surface area contributed by atoms with Crippen molar-refractivity contribution in [2.45, 2.75) is 57.9 Å². The van der Waals surface area contributed by atoms with Crippen molar-refractivity contribution >= 4 is 17.5 Å². The minimum Gasteiger partial charge on any atom is -0.491 e. The van der Waals surface area contributed by atoms with Crippen molar-refractivity contribution in [3.05, 3.63) is 24.0 Å². The molecular formula is C26H40N6O3. The molecule has 192 valence electrons. The molecule has 2 aromatic rings. The van der Waals surface area contributed by atoms with Gasteiger partial charge in [-0.3, -0.25) is 0 Å². The van der Waals surface area contributed by atoms with Gasteiger partial charge >= 0.3 is 0 Å². The van der Waals surface area contributed by atoms with Crippen LogP contribution < -0.4 is 20.1 Å². The first-order valence-corrected chi connectivity index (χ1v) is 12.9. The van der Waals surface area contributed by atoms with Crippen LogP contribution in [0.3, 0.4) is 0 Å². The maximum atomic E-state index is 5.40. The van der Waals surface area contributed by atoms with Crippen LogP contribution in [-0.4, -0.2) is 73.0 Å². The summed E-state index contributed by atoms with van der Waals surface area (Å²) in [6.45, 7) is 7.30. The van der Waals surface area contributed by atoms with Gasteiger partial charge in [0, 0.05) is 43.6 Å². The van der Waals surface area contributed by atoms with E-state index in [4.69, 9.17) is 14.2 Å². The second kappa shape index (κ2) is 12.9. The lowest BCUT2D eigenvalue weighted by molar-refractivity contribution is 0.0699. The summed E-state index contributed by atoms with van der Waals surface area (Å²) in [4.78, 5) is 15.9. The average Bonchev–Trinajstić information content (AvgIpc) is 3.36. The molecule has 2 aromatic heterocycles. The van der Waals surface area contributed by atoms with Crippen molar-refractivity contribution in [2.24, 2.45) is 5.92 Å². The summed E-state index contributed by atoms with van der Waals surface area (Å²) in [7, 11) is 3.13. The molecule has 2 saturated heterocycles. The number of nitrogens with one attached hydrogen (secondary N) is 2. The van der Waals surface area contributed by atoms with Crippen molar-refractivity contribution in [1.29, 1.82) is 0 Å². The van der Waals surface area contributed by atoms with Crippen LogP contribution in [0.1, 0.15) is 50.6 Å². The van der Waals surface area contributed by atoms with Gasteiger partial charge < -0.3 is 29.7 Å². The van der Waals surface area contributed by atoms with Gasteiger partial charge in [-0.1, -0.05) is 6.42 Å². The van der Waals surface area contributed by atoms with Crippen molar-refractivity contribution < 1.29 is 14.2 Å². The Bertz CT molecular complexity index is 927. The molecule has 9 nitrogen and oxygen atoms in total. The molecule has 0 spiro atoms. The van der Waals surface area contributed by atoms with E-state index < -0.39 is 0 Å². The maximum absolute atomic E-state index is 5.40. The molecular weight excluding hydrogens is 444 g/mol. The third-order valence-electron chi connectivity index (χ3n) is 6.99. The second-order valence-corrected chi connectivity index (χ2v) is 9.54. The van der Waals surface area contributed by atoms with Gasteiger partial charge in [0.15, 0.2) is 5.75 Å². The van der Waals surface area contributed by atoms with Gasteiger partial charge in [-0.25, -0.2) is 9.97 Å². The summed E-state index contributed by atoms with van der Waals surface area (Å²) < 4.78 is 15.8. The summed E-state index contributed by atoms with van der Waals surface area (Å²) in [5, 5.41) is 6.58. The van der Waals surface area contributed by atoms with Crippen LogP contribution in [0.2, 0.25) is 0 Å². The first kappa shape index (κ1) is 25.4. The number of pyridine rings is 1. The van der Waals surface area contributed by atoms with Crippen LogP contribution in [-0.2, 0) is 4.74 Å². The third-order valence-corrected chi connectivity index (χ3v) is 6.99. The molecule has 35 heavy (non-hydrogen) atoms. The number of anilines is 3. The number of methoxy groups -OCH3 is 2. The van der Waals surface area contributed by atoms with E-state index in [1.54, 1.807) is 26.5 Å². The summed E-state index contributed by atoms with van der Waals surface area (Å²) in [5.74, 6) is 2.91. The van der Waals surface area contributed by atoms with Gasteiger partial charge in [0.05, 0.1) is 26.1 Å². The molecule has 2 aliphatic heterocycles. The lowest BCUT2D eigenvalue weighted by Gasteiger charge is -2.34. The third kappa shape index (κ3) is 7.41. The van der Waals surface area contributed by atoms with Gasteiger partial charge in [-0.2, -0.15) is 4.98 Å². The number of ether oxygens (including phenoxy) is 3. The molecule has 0 radical (unpaired) electrons. The van der Waals surface area contributed by atoms with Crippen LogP contribution in [0.5, 0.6) is 11.6 Å². The SMILES string of the molecule is C1CC(N2CCCC2)C1.COc1cc(Nc2nc(C)cc(NCC3CCOCC3)n2)cnc1OC. The highest BCUT2D eigenvalue weighted by atomic mass is 16.5. The van der Waals surface area contributed by atoms with E-state index in [1.165, 1.54) is 45.2 Å². The van der Waals surface area contributed by atoms with E-state index in [9.17, 15) is 0 Å². The molecule has 4 heterocycles. The molecule has 0 amide bonds. The zero-order valence-electron chi connectivity index (χ0n) is 21.4. The van der Waals surface area contributed by atoms with E-state index >= 15 is 0 Å². The smallest absolute Gasteiger partial charge is 0.256 e. The Morgan fingerprint density at radius 2 is 1.77 bits per heavy atom. The number of hydrogen-bond acceptors (Lipinski definition) is 9. The van der Waals surface area contributed by atoms with Gasteiger partial charge in [-0.05, 0) is 64.5 Å². The predicted molar refractivity (Wildman–Crippen MR) is 138 cm³/mol. The van der Waals surface area contributed by atoms with E-state index in [0.29, 0.717) is 23.5 Å². The molecule has 5 rings (SSSR count). The summed E-state index contributed by atoms with van der Waals surface area (Å²) in [6, 6.07) is 4.75. The lowest BCUT2D eigenvalue weighted by atomic mass is 9.92. The van der Waals surface area contributed by atoms with Crippen molar-refractivity contribution in [3.63, 3.8) is 0 Å². The average molecular weight is 485 g/mol. The Kier molecular flexibility index (Phi) is 9.36. The van der Waals surface area contributed by atoms with Gasteiger partial charge in [0.2, 0.25) is 5.95 Å². The van der Waals surface area contributed by atoms with Gasteiger partial charge in [0.25, 0.3) is 5.88 Å². The molecule has 0 unspecified atom stereocenters. The highest BCUT2D eigenvalue weighted by Crippen LogP contribution is 2.28. The normalized spacial score (nSPS) is 18.8. The molecule has 1 aliphatic carbocycles. The number of likely N-dealkylation sites (tertiary alicyclic amines) is 1. The number of nitrogens with zero attached hydrogens (tertiary/aromatic N) is 4. The van der Waals surface area contributed by atoms with Crippen LogP contribution in [0, 0.1) is 12.8 Å². The van der Waals surface area contributed by atoms with Crippen molar-refractivity contribution in [3.8, 4) is 11.6 Å². The molecule has 2 N–H and O–H groups in total. The van der Waals surface area contributed by atoms with Crippen molar-refractivity contribution in [2.75, 3.05) is 57.7 Å². The molecule has 9 heteroatoms. The Labute approximate surface area is 209 Å². The quantitative estimate of drug-likeness (QED) is 0.565. The highest BCUT2D eigenvalue weighted by molar-refractivity contribution is 5.58. The predicted octanol–water partition coefficient (Wildman–Crippen LogP) is 4.41. The first-order valence-electron chi connectivity index (χ1n) is 12.9. The van der Waals surface area contributed by atoms with Crippen molar-refractivity contribution in [1.82, 2.24) is 19.9 Å². The minimum atomic E-state index is 0.432. The molecule has 3 fully saturated rings. The van der Waals surface area contributed by atoms with E-state index in [0.717, 1.165) is 55.8 Å². The zero-order chi connectivity index (χ0) is 24.5. The van der Waals surface area contributed by atoms with Crippen LogP contribution >= 0.6 is 0 Å². The Balaban J connectivity index is 0.000000266. The summed E-state index contributed by atoms with van der Waals surface area (Å²) in [5.41, 5.74) is 1.61. The van der Waals surface area contributed by atoms with E-state index in [-0.39, 0.29) is 0 Å². The largest absolute Gasteiger partial charge is 0.491 e. The van der Waals surface area contributed by atoms with Crippen LogP contribution in [0.15, 0.2) is 18.3 Å². The lowest BCUT2D eigenvalue weighted by Crippen LogP contribution is -2.37. The fraction of sp³-hybridized carbons (Fsp3) is 0.654. The minimum absolute atomic E-state index is 0.432. The molecule has 1 saturated carbocycles. The molecule has 0 atom stereocenters. The summed E-state index contributed by atoms with van der Waals surface area (Å²) in [6.07, 6.45) is 11.2. The molecule has 3 aliphatic rings. The fourth-order valence-corrected chi connectivity index (χ4v) is 4.70. The Morgan fingerprint density at radius 1 is 1.00 bits per heavy atom. The topological polar surface area (TPSA) is 93.7 Å². The fourth-order valence-electron chi connectivity index (χ4n) is 4.70. The summed E-state index contributed by atoms with van der Waals surface area (Å²) >= 11 is 0. The maximum Gasteiger partial charge on any atom is 0.256 e. The number of aryl methyl sites for hydroxylation is 1. The number of rotatable bonds is 8. The zero-order valence-corrected chi connectivity index (χ0v) is 21.4. The van der Waals surface area contributed by atoms with E-state index in [1.807, 2.05) is 13.0 Å². The van der Waals surface area contributed by atoms with Gasteiger partial charge in [-0.15, -0.1) is 0 Å². The van der Waals surface area contributed by atoms with Crippen LogP contribution in [0.4, 0.5) is 17.5 Å². The Morgan fingerprint density at radius 3 is 2.43 bits per heavy atom. The van der Waals surface area contributed by atoms with Gasteiger partial charge in [0.1, 0.15) is 5.82 Å². The van der Waals surface area contributed by atoms with Crippen LogP contribution in [0.25, 0.3) is 0 Å². The monoisotopic (exact) mass is 484 g/mol. The highest BCUT2D eigenvalue weighted by Gasteiger charge is 2.26.